The van der Waals surface area contributed by atoms with E-state index in [0.717, 1.165) is 43.3 Å². The van der Waals surface area contributed by atoms with E-state index >= 15 is 0 Å². The van der Waals surface area contributed by atoms with Crippen molar-refractivity contribution < 1.29 is 13.9 Å². The first-order chi connectivity index (χ1) is 13.1. The van der Waals surface area contributed by atoms with Crippen LogP contribution in [0.2, 0.25) is 0 Å². The Balaban J connectivity index is 1.56. The third kappa shape index (κ3) is 3.71. The van der Waals surface area contributed by atoms with Gasteiger partial charge in [-0.2, -0.15) is 5.10 Å². The number of aromatic amines is 1. The van der Waals surface area contributed by atoms with Crippen molar-refractivity contribution in [2.24, 2.45) is 0 Å². The molecule has 1 atom stereocenters. The summed E-state index contributed by atoms with van der Waals surface area (Å²) in [7, 11) is 0. The summed E-state index contributed by atoms with van der Waals surface area (Å²) in [5, 5.41) is 17.2. The van der Waals surface area contributed by atoms with E-state index in [9.17, 15) is 13.9 Å². The van der Waals surface area contributed by atoms with Crippen LogP contribution in [0.5, 0.6) is 5.75 Å². The summed E-state index contributed by atoms with van der Waals surface area (Å²) in [5.74, 6) is -0.700. The van der Waals surface area contributed by atoms with Crippen LogP contribution < -0.4 is 0 Å². The first-order valence-corrected chi connectivity index (χ1v) is 9.09. The van der Waals surface area contributed by atoms with Crippen LogP contribution in [0.3, 0.4) is 0 Å². The van der Waals surface area contributed by atoms with Crippen molar-refractivity contribution in [3.63, 3.8) is 0 Å². The van der Waals surface area contributed by atoms with Crippen molar-refractivity contribution in [1.82, 2.24) is 15.1 Å². The molecule has 1 unspecified atom stereocenters. The highest BCUT2D eigenvalue weighted by atomic mass is 19.1. The number of benzene rings is 2. The molecule has 2 N–H and O–H groups in total. The van der Waals surface area contributed by atoms with Gasteiger partial charge in [0.1, 0.15) is 17.4 Å². The van der Waals surface area contributed by atoms with Crippen molar-refractivity contribution in [2.75, 3.05) is 13.1 Å². The molecule has 1 aromatic heterocycles. The summed E-state index contributed by atoms with van der Waals surface area (Å²) in [6.07, 6.45) is 3.57. The van der Waals surface area contributed by atoms with E-state index < -0.39 is 11.6 Å². The number of nitrogens with one attached hydrogen (secondary N) is 1. The number of hydrogen-bond donors (Lipinski definition) is 2. The lowest BCUT2D eigenvalue weighted by Crippen LogP contribution is -2.34. The number of rotatable bonds is 4. The Morgan fingerprint density at radius 3 is 2.81 bits per heavy atom. The standard InChI is InChI=1S/C21H21F2N3O/c22-16-7-8-17(19(23)10-16)18-11-24-25-21(18)15-5-3-9-26(13-15)12-14-4-1-2-6-20(14)27/h1-2,4,6-8,10-11,15,27H,3,5,9,12-13H2,(H,24,25). The molecule has 0 amide bonds. The van der Waals surface area contributed by atoms with Gasteiger partial charge in [-0.1, -0.05) is 18.2 Å². The first-order valence-electron chi connectivity index (χ1n) is 9.09. The summed E-state index contributed by atoms with van der Waals surface area (Å²) in [6, 6.07) is 11.0. The third-order valence-electron chi connectivity index (χ3n) is 5.19. The SMILES string of the molecule is Oc1ccccc1CN1CCCC(c2[nH]ncc2-c2ccc(F)cc2F)C1. The predicted molar refractivity (Wildman–Crippen MR) is 99.3 cm³/mol. The molecule has 0 aliphatic carbocycles. The van der Waals surface area contributed by atoms with Crippen molar-refractivity contribution in [3.8, 4) is 16.9 Å². The topological polar surface area (TPSA) is 52.1 Å². The van der Waals surface area contributed by atoms with Crippen molar-refractivity contribution in [2.45, 2.75) is 25.3 Å². The van der Waals surface area contributed by atoms with Crippen LogP contribution in [0.15, 0.2) is 48.7 Å². The van der Waals surface area contributed by atoms with Gasteiger partial charge in [-0.3, -0.25) is 10.00 Å². The molecule has 1 saturated heterocycles. The second-order valence-corrected chi connectivity index (χ2v) is 7.02. The fraction of sp³-hybridized carbons (Fsp3) is 0.286. The Kier molecular flexibility index (Phi) is 4.90. The maximum absolute atomic E-state index is 14.2. The second-order valence-electron chi connectivity index (χ2n) is 7.02. The molecule has 2 heterocycles. The van der Waals surface area contributed by atoms with Crippen LogP contribution in [0.1, 0.15) is 30.0 Å². The highest BCUT2D eigenvalue weighted by molar-refractivity contribution is 5.66. The molecule has 0 saturated carbocycles. The number of nitrogens with zero attached hydrogens (tertiary/aromatic N) is 2. The summed E-state index contributed by atoms with van der Waals surface area (Å²) in [6.45, 7) is 2.39. The fourth-order valence-corrected chi connectivity index (χ4v) is 3.85. The molecule has 3 aromatic rings. The molecule has 2 aromatic carbocycles. The average molecular weight is 369 g/mol. The van der Waals surface area contributed by atoms with Gasteiger partial charge in [-0.15, -0.1) is 0 Å². The summed E-state index contributed by atoms with van der Waals surface area (Å²) < 4.78 is 27.5. The van der Waals surface area contributed by atoms with Crippen molar-refractivity contribution in [1.29, 1.82) is 0 Å². The zero-order chi connectivity index (χ0) is 18.8. The molecule has 27 heavy (non-hydrogen) atoms. The van der Waals surface area contributed by atoms with Crippen LogP contribution in [0, 0.1) is 11.6 Å². The van der Waals surface area contributed by atoms with Gasteiger partial charge < -0.3 is 5.11 Å². The van der Waals surface area contributed by atoms with Gasteiger partial charge in [0.05, 0.1) is 6.20 Å². The number of aromatic hydroxyl groups is 1. The molecule has 6 heteroatoms. The smallest absolute Gasteiger partial charge is 0.134 e. The second kappa shape index (κ2) is 7.48. The molecule has 4 nitrogen and oxygen atoms in total. The Bertz CT molecular complexity index is 941. The van der Waals surface area contributed by atoms with Crippen molar-refractivity contribution >= 4 is 0 Å². The normalized spacial score (nSPS) is 17.9. The minimum absolute atomic E-state index is 0.173. The predicted octanol–water partition coefficient (Wildman–Crippen LogP) is 4.44. The summed E-state index contributed by atoms with van der Waals surface area (Å²) in [4.78, 5) is 2.29. The molecule has 0 radical (unpaired) electrons. The maximum Gasteiger partial charge on any atom is 0.134 e. The van der Waals surface area contributed by atoms with Crippen LogP contribution in [-0.4, -0.2) is 33.3 Å². The van der Waals surface area contributed by atoms with Gasteiger partial charge in [0, 0.05) is 47.5 Å². The van der Waals surface area contributed by atoms with E-state index in [1.807, 2.05) is 18.2 Å². The van der Waals surface area contributed by atoms with E-state index in [1.54, 1.807) is 12.3 Å². The number of piperidine rings is 1. The number of phenolic OH excluding ortho intramolecular Hbond substituents is 1. The van der Waals surface area contributed by atoms with E-state index in [2.05, 4.69) is 15.1 Å². The monoisotopic (exact) mass is 369 g/mol. The number of phenols is 1. The molecule has 0 bridgehead atoms. The molecule has 1 aliphatic heterocycles. The highest BCUT2D eigenvalue weighted by Crippen LogP contribution is 2.35. The molecule has 140 valence electrons. The van der Waals surface area contributed by atoms with Gasteiger partial charge >= 0.3 is 0 Å². The third-order valence-corrected chi connectivity index (χ3v) is 5.19. The van der Waals surface area contributed by atoms with Crippen LogP contribution in [0.25, 0.3) is 11.1 Å². The zero-order valence-electron chi connectivity index (χ0n) is 14.8. The van der Waals surface area contributed by atoms with Crippen LogP contribution >= 0.6 is 0 Å². The molecular weight excluding hydrogens is 348 g/mol. The Morgan fingerprint density at radius 2 is 2.00 bits per heavy atom. The quantitative estimate of drug-likeness (QED) is 0.715. The minimum Gasteiger partial charge on any atom is -0.508 e. The summed E-state index contributed by atoms with van der Waals surface area (Å²) in [5.41, 5.74) is 2.81. The zero-order valence-corrected chi connectivity index (χ0v) is 14.8. The minimum atomic E-state index is -0.590. The Morgan fingerprint density at radius 1 is 1.15 bits per heavy atom. The van der Waals surface area contributed by atoms with Gasteiger partial charge in [0.25, 0.3) is 0 Å². The fourth-order valence-electron chi connectivity index (χ4n) is 3.85. The Hall–Kier alpha value is -2.73. The van der Waals surface area contributed by atoms with E-state index in [1.165, 1.54) is 12.1 Å². The number of para-hydroxylation sites is 1. The highest BCUT2D eigenvalue weighted by Gasteiger charge is 2.26. The molecule has 1 aliphatic rings. The number of H-pyrrole nitrogens is 1. The molecule has 1 fully saturated rings. The number of likely N-dealkylation sites (tertiary alicyclic amines) is 1. The molecule has 4 rings (SSSR count). The number of halogens is 2. The van der Waals surface area contributed by atoms with Gasteiger partial charge in [-0.05, 0) is 37.6 Å². The molecule has 0 spiro atoms. The number of hydrogen-bond acceptors (Lipinski definition) is 3. The van der Waals surface area contributed by atoms with Crippen LogP contribution in [-0.2, 0) is 6.54 Å². The number of aromatic nitrogens is 2. The van der Waals surface area contributed by atoms with E-state index in [-0.39, 0.29) is 5.92 Å². The lowest BCUT2D eigenvalue weighted by molar-refractivity contribution is 0.197. The van der Waals surface area contributed by atoms with E-state index in [0.29, 0.717) is 23.4 Å². The average Bonchev–Trinajstić information content (AvgIpc) is 3.13. The summed E-state index contributed by atoms with van der Waals surface area (Å²) >= 11 is 0. The van der Waals surface area contributed by atoms with Crippen molar-refractivity contribution in [3.05, 3.63) is 71.6 Å². The maximum atomic E-state index is 14.2. The lowest BCUT2D eigenvalue weighted by atomic mass is 9.90. The lowest BCUT2D eigenvalue weighted by Gasteiger charge is -2.32. The largest absolute Gasteiger partial charge is 0.508 e. The van der Waals surface area contributed by atoms with E-state index in [4.69, 9.17) is 0 Å². The Labute approximate surface area is 156 Å². The van der Waals surface area contributed by atoms with Gasteiger partial charge in [0.2, 0.25) is 0 Å². The first kappa shape index (κ1) is 17.7. The molecular formula is C21H21F2N3O. The van der Waals surface area contributed by atoms with Gasteiger partial charge in [0.15, 0.2) is 0 Å². The van der Waals surface area contributed by atoms with Gasteiger partial charge in [-0.25, -0.2) is 8.78 Å². The van der Waals surface area contributed by atoms with Crippen LogP contribution in [0.4, 0.5) is 8.78 Å².